The van der Waals surface area contributed by atoms with Gasteiger partial charge in [0.1, 0.15) is 0 Å². The third-order valence-electron chi connectivity index (χ3n) is 5.15. The Hall–Kier alpha value is -0.210. The first-order chi connectivity index (χ1) is 15.2. The second-order valence-electron chi connectivity index (χ2n) is 10.4. The highest BCUT2D eigenvalue weighted by Gasteiger charge is 2.30. The summed E-state index contributed by atoms with van der Waals surface area (Å²) in [6.45, 7) is 18.3. The van der Waals surface area contributed by atoms with Crippen LogP contribution in [0, 0.1) is 0 Å². The Kier molecular flexibility index (Phi) is 20.1. The number of hydrogen-bond acceptors (Lipinski definition) is 3. The summed E-state index contributed by atoms with van der Waals surface area (Å²) < 4.78 is 15.0. The predicted octanol–water partition coefficient (Wildman–Crippen LogP) is 9.98. The van der Waals surface area contributed by atoms with Gasteiger partial charge in [-0.25, -0.2) is 4.67 Å². The molecule has 0 fully saturated rings. The van der Waals surface area contributed by atoms with Crippen LogP contribution in [0.4, 0.5) is 0 Å². The number of unbranched alkanes of at least 4 members (excludes halogenated alkanes) is 9. The lowest BCUT2D eigenvalue weighted by Gasteiger charge is -2.38. The zero-order valence-electron chi connectivity index (χ0n) is 22.9. The Morgan fingerprint density at radius 1 is 0.719 bits per heavy atom. The molecule has 0 heterocycles. The van der Waals surface area contributed by atoms with Crippen molar-refractivity contribution in [2.24, 2.45) is 0 Å². The number of rotatable bonds is 20. The van der Waals surface area contributed by atoms with Crippen LogP contribution in [-0.4, -0.2) is 29.0 Å². The minimum atomic E-state index is -1.01. The number of hydrogen-bond donors (Lipinski definition) is 0. The summed E-state index contributed by atoms with van der Waals surface area (Å²) in [6, 6.07) is 0.832. The van der Waals surface area contributed by atoms with Crippen molar-refractivity contribution in [1.82, 2.24) is 4.67 Å². The van der Waals surface area contributed by atoms with Crippen molar-refractivity contribution in [2.45, 2.75) is 150 Å². The standard InChI is InChI=1S/C28H56NO2P/c1-9-10-11-12-13-14-15-16-17-18-19-20-21-22-23-24-25-30-32(31-28(6,7)8)29(26(2)3)27(4)5/h13-14,16-17,26-27H,9-12,15,18-25H2,1-8H3. The highest BCUT2D eigenvalue weighted by Crippen LogP contribution is 2.49. The van der Waals surface area contributed by atoms with E-state index < -0.39 is 8.53 Å². The molecule has 0 aromatic carbocycles. The zero-order valence-corrected chi connectivity index (χ0v) is 23.8. The van der Waals surface area contributed by atoms with Gasteiger partial charge in [0.25, 0.3) is 8.53 Å². The Morgan fingerprint density at radius 2 is 1.22 bits per heavy atom. The lowest BCUT2D eigenvalue weighted by Crippen LogP contribution is -2.35. The molecule has 0 spiro atoms. The van der Waals surface area contributed by atoms with Crippen molar-refractivity contribution in [1.29, 1.82) is 0 Å². The molecule has 3 nitrogen and oxygen atoms in total. The van der Waals surface area contributed by atoms with Crippen LogP contribution < -0.4 is 0 Å². The first-order valence-electron chi connectivity index (χ1n) is 13.4. The number of allylic oxidation sites excluding steroid dienone is 4. The van der Waals surface area contributed by atoms with Gasteiger partial charge in [-0.3, -0.25) is 0 Å². The van der Waals surface area contributed by atoms with Gasteiger partial charge in [-0.05, 0) is 87.0 Å². The molecule has 4 heteroatoms. The average molecular weight is 470 g/mol. The van der Waals surface area contributed by atoms with Gasteiger partial charge in [0.05, 0.1) is 12.2 Å². The van der Waals surface area contributed by atoms with Gasteiger partial charge in [-0.1, -0.05) is 69.8 Å². The molecule has 190 valence electrons. The van der Waals surface area contributed by atoms with E-state index in [1.807, 2.05) is 0 Å². The fraction of sp³-hybridized carbons (Fsp3) is 0.857. The maximum Gasteiger partial charge on any atom is 0.259 e. The Bertz CT molecular complexity index is 461. The second kappa shape index (κ2) is 20.2. The summed E-state index contributed by atoms with van der Waals surface area (Å²) in [7, 11) is -1.01. The normalized spacial score (nSPS) is 14.1. The van der Waals surface area contributed by atoms with Crippen LogP contribution in [0.1, 0.15) is 132 Å². The molecule has 0 aromatic rings. The van der Waals surface area contributed by atoms with E-state index in [1.54, 1.807) is 0 Å². The Labute approximate surface area is 203 Å². The fourth-order valence-electron chi connectivity index (χ4n) is 3.58. The summed E-state index contributed by atoms with van der Waals surface area (Å²) in [5.74, 6) is 0. The molecular formula is C28H56NO2P. The van der Waals surface area contributed by atoms with E-state index >= 15 is 0 Å². The van der Waals surface area contributed by atoms with Crippen LogP contribution >= 0.6 is 8.53 Å². The van der Waals surface area contributed by atoms with Crippen molar-refractivity contribution in [3.8, 4) is 0 Å². The van der Waals surface area contributed by atoms with Gasteiger partial charge in [-0.15, -0.1) is 0 Å². The third-order valence-corrected chi connectivity index (χ3v) is 7.55. The van der Waals surface area contributed by atoms with Crippen LogP contribution in [0.2, 0.25) is 0 Å². The van der Waals surface area contributed by atoms with E-state index in [9.17, 15) is 0 Å². The van der Waals surface area contributed by atoms with Gasteiger partial charge >= 0.3 is 0 Å². The molecular weight excluding hydrogens is 413 g/mol. The van der Waals surface area contributed by atoms with Gasteiger partial charge in [0.2, 0.25) is 0 Å². The van der Waals surface area contributed by atoms with Crippen molar-refractivity contribution in [3.05, 3.63) is 24.3 Å². The van der Waals surface area contributed by atoms with Crippen LogP contribution in [0.3, 0.4) is 0 Å². The SMILES string of the molecule is CCCCCC=CCC=CCCCCCCCCOP(OC(C)(C)C)N(C(C)C)C(C)C. The van der Waals surface area contributed by atoms with Crippen molar-refractivity contribution in [2.75, 3.05) is 6.61 Å². The summed E-state index contributed by atoms with van der Waals surface area (Å²) in [5, 5.41) is 0. The van der Waals surface area contributed by atoms with E-state index in [4.69, 9.17) is 9.05 Å². The van der Waals surface area contributed by atoms with Crippen molar-refractivity contribution >= 4 is 8.53 Å². The first kappa shape index (κ1) is 31.8. The maximum absolute atomic E-state index is 6.31. The molecule has 32 heavy (non-hydrogen) atoms. The third kappa shape index (κ3) is 19.3. The lowest BCUT2D eigenvalue weighted by atomic mass is 10.1. The molecule has 0 aliphatic rings. The van der Waals surface area contributed by atoms with Crippen LogP contribution in [0.15, 0.2) is 24.3 Å². The number of nitrogens with zero attached hydrogens (tertiary/aromatic N) is 1. The van der Waals surface area contributed by atoms with Gasteiger partial charge in [-0.2, -0.15) is 0 Å². The monoisotopic (exact) mass is 469 g/mol. The van der Waals surface area contributed by atoms with Crippen LogP contribution in [-0.2, 0) is 9.05 Å². The van der Waals surface area contributed by atoms with Gasteiger partial charge in [0, 0.05) is 12.1 Å². The maximum atomic E-state index is 6.31. The molecule has 1 atom stereocenters. The largest absolute Gasteiger partial charge is 0.322 e. The minimum Gasteiger partial charge on any atom is -0.322 e. The summed E-state index contributed by atoms with van der Waals surface area (Å²) in [4.78, 5) is 0. The van der Waals surface area contributed by atoms with E-state index in [0.717, 1.165) is 19.4 Å². The molecule has 0 aromatic heterocycles. The van der Waals surface area contributed by atoms with E-state index in [0.29, 0.717) is 12.1 Å². The highest BCUT2D eigenvalue weighted by molar-refractivity contribution is 7.44. The summed E-state index contributed by atoms with van der Waals surface area (Å²) in [6.07, 6.45) is 24.6. The lowest BCUT2D eigenvalue weighted by molar-refractivity contribution is 0.0856. The van der Waals surface area contributed by atoms with Crippen molar-refractivity contribution < 1.29 is 9.05 Å². The van der Waals surface area contributed by atoms with Crippen molar-refractivity contribution in [3.63, 3.8) is 0 Å². The molecule has 0 aliphatic carbocycles. The molecule has 0 amide bonds. The molecule has 1 unspecified atom stereocenters. The predicted molar refractivity (Wildman–Crippen MR) is 145 cm³/mol. The molecule has 0 radical (unpaired) electrons. The summed E-state index contributed by atoms with van der Waals surface area (Å²) in [5.41, 5.74) is -0.187. The average Bonchev–Trinajstić information content (AvgIpc) is 2.68. The smallest absolute Gasteiger partial charge is 0.259 e. The van der Waals surface area contributed by atoms with E-state index in [-0.39, 0.29) is 5.60 Å². The molecule has 0 N–H and O–H groups in total. The molecule has 0 rings (SSSR count). The molecule has 0 saturated heterocycles. The first-order valence-corrected chi connectivity index (χ1v) is 14.5. The molecule has 0 saturated carbocycles. The van der Waals surface area contributed by atoms with Crippen LogP contribution in [0.25, 0.3) is 0 Å². The second-order valence-corrected chi connectivity index (χ2v) is 11.8. The quantitative estimate of drug-likeness (QED) is 0.101. The molecule has 0 bridgehead atoms. The Morgan fingerprint density at radius 3 is 1.72 bits per heavy atom. The topological polar surface area (TPSA) is 21.7 Å². The molecule has 0 aliphatic heterocycles. The Balaban J connectivity index is 3.86. The van der Waals surface area contributed by atoms with Gasteiger partial charge < -0.3 is 9.05 Å². The van der Waals surface area contributed by atoms with E-state index in [2.05, 4.69) is 84.4 Å². The van der Waals surface area contributed by atoms with Crippen LogP contribution in [0.5, 0.6) is 0 Å². The van der Waals surface area contributed by atoms with Gasteiger partial charge in [0.15, 0.2) is 0 Å². The highest BCUT2D eigenvalue weighted by atomic mass is 31.2. The zero-order chi connectivity index (χ0) is 24.2. The minimum absolute atomic E-state index is 0.187. The van der Waals surface area contributed by atoms with E-state index in [1.165, 1.54) is 64.2 Å². The fourth-order valence-corrected chi connectivity index (χ4v) is 5.37. The summed E-state index contributed by atoms with van der Waals surface area (Å²) >= 11 is 0.